The van der Waals surface area contributed by atoms with Gasteiger partial charge in [-0.1, -0.05) is 6.07 Å². The van der Waals surface area contributed by atoms with Crippen molar-refractivity contribution in [3.8, 4) is 0 Å². The third-order valence-electron chi connectivity index (χ3n) is 2.75. The molecular formula is C14H13BrN2O2. The molecule has 0 spiro atoms. The Hall–Kier alpha value is -1.88. The number of aromatic nitrogens is 1. The maximum absolute atomic E-state index is 10.9. The summed E-state index contributed by atoms with van der Waals surface area (Å²) >= 11 is 3.28. The summed E-state index contributed by atoms with van der Waals surface area (Å²) in [5.41, 5.74) is 2.15. The Kier molecular flexibility index (Phi) is 4.16. The lowest BCUT2D eigenvalue weighted by atomic mass is 10.2. The molecule has 1 N–H and O–H groups in total. The number of hydrogen-bond acceptors (Lipinski definition) is 3. The fourth-order valence-corrected chi connectivity index (χ4v) is 2.28. The van der Waals surface area contributed by atoms with Gasteiger partial charge in [0.05, 0.1) is 17.8 Å². The van der Waals surface area contributed by atoms with Gasteiger partial charge in [-0.15, -0.1) is 0 Å². The number of benzene rings is 1. The molecule has 4 nitrogen and oxygen atoms in total. The predicted molar refractivity (Wildman–Crippen MR) is 77.4 cm³/mol. The van der Waals surface area contributed by atoms with Gasteiger partial charge in [0, 0.05) is 23.4 Å². The summed E-state index contributed by atoms with van der Waals surface area (Å²) < 4.78 is 0.574. The van der Waals surface area contributed by atoms with Crippen molar-refractivity contribution in [3.63, 3.8) is 0 Å². The third-order valence-corrected chi connectivity index (χ3v) is 3.41. The minimum atomic E-state index is -0.939. The van der Waals surface area contributed by atoms with Gasteiger partial charge in [-0.2, -0.15) is 0 Å². The number of anilines is 1. The molecule has 0 unspecified atom stereocenters. The minimum Gasteiger partial charge on any atom is -0.478 e. The minimum absolute atomic E-state index is 0.259. The Morgan fingerprint density at radius 3 is 2.74 bits per heavy atom. The van der Waals surface area contributed by atoms with Crippen molar-refractivity contribution in [1.29, 1.82) is 0 Å². The van der Waals surface area contributed by atoms with Crippen LogP contribution in [-0.4, -0.2) is 23.1 Å². The van der Waals surface area contributed by atoms with E-state index in [0.717, 1.165) is 11.4 Å². The first-order chi connectivity index (χ1) is 9.08. The molecule has 2 aromatic rings. The van der Waals surface area contributed by atoms with E-state index >= 15 is 0 Å². The largest absolute Gasteiger partial charge is 0.478 e. The van der Waals surface area contributed by atoms with E-state index in [1.165, 1.54) is 0 Å². The summed E-state index contributed by atoms with van der Waals surface area (Å²) in [6.07, 6.45) is 1.76. The van der Waals surface area contributed by atoms with E-state index in [4.69, 9.17) is 5.11 Å². The monoisotopic (exact) mass is 320 g/mol. The van der Waals surface area contributed by atoms with Gasteiger partial charge in [-0.05, 0) is 46.3 Å². The Morgan fingerprint density at radius 1 is 1.37 bits per heavy atom. The number of carboxylic acid groups (broad SMARTS) is 1. The van der Waals surface area contributed by atoms with E-state index in [1.54, 1.807) is 24.4 Å². The fourth-order valence-electron chi connectivity index (χ4n) is 1.74. The standard InChI is InChI=1S/C14H13BrN2O2/c1-17(9-10-4-2-3-7-16-10)11-5-6-12(14(18)19)13(15)8-11/h2-8H,9H2,1H3,(H,18,19). The van der Waals surface area contributed by atoms with Gasteiger partial charge in [0.25, 0.3) is 0 Å². The molecule has 2 rings (SSSR count). The molecule has 98 valence electrons. The molecule has 1 aromatic heterocycles. The molecule has 1 aromatic carbocycles. The van der Waals surface area contributed by atoms with Crippen molar-refractivity contribution >= 4 is 27.6 Å². The van der Waals surface area contributed by atoms with Crippen LogP contribution >= 0.6 is 15.9 Å². The van der Waals surface area contributed by atoms with E-state index in [9.17, 15) is 4.79 Å². The van der Waals surface area contributed by atoms with Crippen LogP contribution in [0.5, 0.6) is 0 Å². The smallest absolute Gasteiger partial charge is 0.336 e. The van der Waals surface area contributed by atoms with Gasteiger partial charge >= 0.3 is 5.97 Å². The number of carboxylic acids is 1. The van der Waals surface area contributed by atoms with E-state index in [-0.39, 0.29) is 5.56 Å². The number of nitrogens with zero attached hydrogens (tertiary/aromatic N) is 2. The van der Waals surface area contributed by atoms with Gasteiger partial charge in [-0.25, -0.2) is 4.79 Å². The lowest BCUT2D eigenvalue weighted by Gasteiger charge is -2.19. The maximum Gasteiger partial charge on any atom is 0.336 e. The Bertz CT molecular complexity index is 587. The zero-order valence-corrected chi connectivity index (χ0v) is 12.0. The average Bonchev–Trinajstić information content (AvgIpc) is 2.39. The third kappa shape index (κ3) is 3.32. The first kappa shape index (κ1) is 13.5. The molecule has 5 heteroatoms. The Labute approximate surface area is 119 Å². The molecule has 0 saturated heterocycles. The molecule has 0 aliphatic carbocycles. The lowest BCUT2D eigenvalue weighted by Crippen LogP contribution is -2.17. The van der Waals surface area contributed by atoms with Crippen LogP contribution in [0, 0.1) is 0 Å². The number of halogens is 1. The molecule has 0 saturated carbocycles. The summed E-state index contributed by atoms with van der Waals surface area (Å²) in [6.45, 7) is 0.666. The van der Waals surface area contributed by atoms with E-state index in [2.05, 4.69) is 20.9 Å². The van der Waals surface area contributed by atoms with E-state index in [1.807, 2.05) is 30.1 Å². The summed E-state index contributed by atoms with van der Waals surface area (Å²) in [5, 5.41) is 8.98. The van der Waals surface area contributed by atoms with Gasteiger partial charge in [-0.3, -0.25) is 4.98 Å². The fraction of sp³-hybridized carbons (Fsp3) is 0.143. The highest BCUT2D eigenvalue weighted by atomic mass is 79.9. The van der Waals surface area contributed by atoms with E-state index in [0.29, 0.717) is 11.0 Å². The number of rotatable bonds is 4. The van der Waals surface area contributed by atoms with Crippen molar-refractivity contribution in [2.24, 2.45) is 0 Å². The van der Waals surface area contributed by atoms with Crippen LogP contribution in [0.3, 0.4) is 0 Å². The Balaban J connectivity index is 2.18. The summed E-state index contributed by atoms with van der Waals surface area (Å²) in [4.78, 5) is 17.2. The summed E-state index contributed by atoms with van der Waals surface area (Å²) in [6, 6.07) is 11.0. The maximum atomic E-state index is 10.9. The van der Waals surface area contributed by atoms with Crippen molar-refractivity contribution in [1.82, 2.24) is 4.98 Å². The van der Waals surface area contributed by atoms with Gasteiger partial charge in [0.15, 0.2) is 0 Å². The SMILES string of the molecule is CN(Cc1ccccn1)c1ccc(C(=O)O)c(Br)c1. The first-order valence-electron chi connectivity index (χ1n) is 5.72. The number of carbonyl (C=O) groups is 1. The first-order valence-corrected chi connectivity index (χ1v) is 6.51. The molecule has 0 aliphatic heterocycles. The zero-order chi connectivity index (χ0) is 13.8. The van der Waals surface area contributed by atoms with E-state index < -0.39 is 5.97 Å². The highest BCUT2D eigenvalue weighted by Crippen LogP contribution is 2.24. The number of hydrogen-bond donors (Lipinski definition) is 1. The van der Waals surface area contributed by atoms with Crippen molar-refractivity contribution < 1.29 is 9.90 Å². The van der Waals surface area contributed by atoms with Gasteiger partial charge in [0.1, 0.15) is 0 Å². The van der Waals surface area contributed by atoms with Crippen molar-refractivity contribution in [2.75, 3.05) is 11.9 Å². The number of pyridine rings is 1. The predicted octanol–water partition coefficient (Wildman–Crippen LogP) is 3.18. The van der Waals surface area contributed by atoms with Crippen LogP contribution in [0.15, 0.2) is 47.1 Å². The molecule has 0 amide bonds. The van der Waals surface area contributed by atoms with Crippen LogP contribution in [0.1, 0.15) is 16.1 Å². The van der Waals surface area contributed by atoms with Crippen molar-refractivity contribution in [2.45, 2.75) is 6.54 Å². The second-order valence-electron chi connectivity index (χ2n) is 4.15. The molecule has 0 atom stereocenters. The topological polar surface area (TPSA) is 53.4 Å². The molecule has 0 fully saturated rings. The van der Waals surface area contributed by atoms with Gasteiger partial charge in [0.2, 0.25) is 0 Å². The Morgan fingerprint density at radius 2 is 2.16 bits per heavy atom. The molecule has 1 heterocycles. The normalized spacial score (nSPS) is 10.2. The zero-order valence-electron chi connectivity index (χ0n) is 10.4. The van der Waals surface area contributed by atoms with Crippen LogP contribution in [0.2, 0.25) is 0 Å². The average molecular weight is 321 g/mol. The highest BCUT2D eigenvalue weighted by Gasteiger charge is 2.10. The number of aromatic carboxylic acids is 1. The van der Waals surface area contributed by atoms with Gasteiger partial charge < -0.3 is 10.0 Å². The summed E-state index contributed by atoms with van der Waals surface area (Å²) in [7, 11) is 1.94. The second kappa shape index (κ2) is 5.84. The molecule has 0 bridgehead atoms. The van der Waals surface area contributed by atoms with Crippen LogP contribution in [0.4, 0.5) is 5.69 Å². The quantitative estimate of drug-likeness (QED) is 0.940. The van der Waals surface area contributed by atoms with Crippen LogP contribution in [0.25, 0.3) is 0 Å². The molecule has 0 aliphatic rings. The van der Waals surface area contributed by atoms with Crippen LogP contribution < -0.4 is 4.90 Å². The van der Waals surface area contributed by atoms with Crippen molar-refractivity contribution in [3.05, 3.63) is 58.3 Å². The summed E-state index contributed by atoms with van der Waals surface area (Å²) in [5.74, 6) is -0.939. The van der Waals surface area contributed by atoms with Crippen LogP contribution in [-0.2, 0) is 6.54 Å². The second-order valence-corrected chi connectivity index (χ2v) is 5.00. The lowest BCUT2D eigenvalue weighted by molar-refractivity contribution is 0.0696. The molecule has 19 heavy (non-hydrogen) atoms. The highest BCUT2D eigenvalue weighted by molar-refractivity contribution is 9.10. The molecule has 0 radical (unpaired) electrons. The molecular weight excluding hydrogens is 308 g/mol.